The largest absolute Gasteiger partial charge is 0.309 e. The van der Waals surface area contributed by atoms with Gasteiger partial charge in [-0.2, -0.15) is 10.5 Å². The molecule has 0 N–H and O–H groups in total. The van der Waals surface area contributed by atoms with E-state index in [1.54, 1.807) is 6.07 Å². The average Bonchev–Trinajstić information content (AvgIpc) is 3.62. The maximum absolute atomic E-state index is 10.2. The molecule has 0 aliphatic rings. The summed E-state index contributed by atoms with van der Waals surface area (Å²) >= 11 is 0. The summed E-state index contributed by atoms with van der Waals surface area (Å²) in [5.74, 6) is 0. The summed E-state index contributed by atoms with van der Waals surface area (Å²) < 4.78 is 4.80. The second-order valence-corrected chi connectivity index (χ2v) is 16.3. The Morgan fingerprint density at radius 1 is 0.500 bits per heavy atom. The number of para-hydroxylation sites is 2. The molecule has 8 rings (SSSR count). The van der Waals surface area contributed by atoms with E-state index in [2.05, 4.69) is 168 Å². The molecule has 254 valence electrons. The molecule has 0 atom stereocenters. The van der Waals surface area contributed by atoms with Gasteiger partial charge in [0, 0.05) is 27.1 Å². The second kappa shape index (κ2) is 11.7. The Morgan fingerprint density at radius 3 is 1.58 bits per heavy atom. The minimum absolute atomic E-state index is 0.0217. The molecule has 4 nitrogen and oxygen atoms in total. The molecule has 0 aliphatic carbocycles. The van der Waals surface area contributed by atoms with Crippen LogP contribution in [0.5, 0.6) is 0 Å². The van der Waals surface area contributed by atoms with Gasteiger partial charge in [0.25, 0.3) is 0 Å². The SMILES string of the molecule is Cc1cccc(C)c1-n1c2ccccc2c2ccc(-n3c4ccc(C(C)(C)C)cc4c4cc(C(C)(C)C)ccc43)c(-c3cc(C#N)cc(C#N)c3)c21. The molecule has 2 aromatic heterocycles. The minimum Gasteiger partial charge on any atom is -0.309 e. The smallest absolute Gasteiger partial charge is 0.0992 e. The van der Waals surface area contributed by atoms with E-state index in [9.17, 15) is 10.5 Å². The molecule has 0 radical (unpaired) electrons. The normalized spacial score (nSPS) is 12.2. The zero-order valence-corrected chi connectivity index (χ0v) is 31.2. The van der Waals surface area contributed by atoms with Crippen molar-refractivity contribution in [2.45, 2.75) is 66.2 Å². The fraction of sp³-hybridized carbons (Fsp3) is 0.208. The highest BCUT2D eigenvalue weighted by atomic mass is 15.0. The summed E-state index contributed by atoms with van der Waals surface area (Å²) in [6.45, 7) is 17.9. The van der Waals surface area contributed by atoms with Crippen molar-refractivity contribution in [2.24, 2.45) is 0 Å². The fourth-order valence-electron chi connectivity index (χ4n) is 8.03. The van der Waals surface area contributed by atoms with Gasteiger partial charge in [0.15, 0.2) is 0 Å². The number of nitriles is 2. The molecule has 0 saturated heterocycles. The highest BCUT2D eigenvalue weighted by molar-refractivity contribution is 6.17. The number of rotatable bonds is 3. The monoisotopic (exact) mass is 674 g/mol. The zero-order valence-electron chi connectivity index (χ0n) is 31.2. The highest BCUT2D eigenvalue weighted by Gasteiger charge is 2.26. The summed E-state index contributed by atoms with van der Waals surface area (Å²) in [6.07, 6.45) is 0. The topological polar surface area (TPSA) is 57.4 Å². The number of fused-ring (bicyclic) bond motifs is 6. The van der Waals surface area contributed by atoms with Crippen molar-refractivity contribution in [1.82, 2.24) is 9.13 Å². The predicted molar refractivity (Wildman–Crippen MR) is 217 cm³/mol. The molecule has 6 aromatic carbocycles. The quantitative estimate of drug-likeness (QED) is 0.187. The van der Waals surface area contributed by atoms with Crippen molar-refractivity contribution in [3.05, 3.63) is 143 Å². The summed E-state index contributed by atoms with van der Waals surface area (Å²) in [5.41, 5.74) is 14.1. The van der Waals surface area contributed by atoms with Crippen molar-refractivity contribution >= 4 is 43.6 Å². The molecule has 8 aromatic rings. The van der Waals surface area contributed by atoms with Crippen LogP contribution >= 0.6 is 0 Å². The first-order valence-electron chi connectivity index (χ1n) is 18.0. The number of hydrogen-bond acceptors (Lipinski definition) is 2. The van der Waals surface area contributed by atoms with Crippen molar-refractivity contribution in [3.63, 3.8) is 0 Å². The number of benzene rings is 6. The molecule has 4 heteroatoms. The zero-order chi connectivity index (χ0) is 36.7. The first-order valence-corrected chi connectivity index (χ1v) is 18.0. The molecule has 0 aliphatic heterocycles. The Labute approximate surface area is 305 Å². The van der Waals surface area contributed by atoms with Crippen LogP contribution in [0.4, 0.5) is 0 Å². The number of hydrogen-bond donors (Lipinski definition) is 0. The molecule has 0 saturated carbocycles. The van der Waals surface area contributed by atoms with Crippen LogP contribution in [0.1, 0.15) is 74.9 Å². The first-order chi connectivity index (χ1) is 24.8. The van der Waals surface area contributed by atoms with E-state index in [4.69, 9.17) is 0 Å². The van der Waals surface area contributed by atoms with E-state index < -0.39 is 0 Å². The van der Waals surface area contributed by atoms with Gasteiger partial charge >= 0.3 is 0 Å². The molecule has 0 amide bonds. The summed E-state index contributed by atoms with van der Waals surface area (Å²) in [6, 6.07) is 43.6. The van der Waals surface area contributed by atoms with Crippen molar-refractivity contribution in [3.8, 4) is 34.6 Å². The standard InChI is InChI=1S/C48H42N4/c1-29-12-11-13-30(2)45(29)52-40-15-10-9-14-36(40)37-18-21-43(44(46(37)52)33-23-31(27-49)22-32(24-33)28-50)51-41-19-16-34(47(3,4)5)25-38(41)39-26-35(48(6,7)8)17-20-42(39)51/h9-26H,1-8H3. The number of aromatic nitrogens is 2. The van der Waals surface area contributed by atoms with Gasteiger partial charge in [-0.05, 0) is 107 Å². The molecule has 0 bridgehead atoms. The Morgan fingerprint density at radius 2 is 1.04 bits per heavy atom. The third-order valence-corrected chi connectivity index (χ3v) is 10.7. The van der Waals surface area contributed by atoms with Crippen molar-refractivity contribution in [1.29, 1.82) is 10.5 Å². The summed E-state index contributed by atoms with van der Waals surface area (Å²) in [4.78, 5) is 0. The van der Waals surface area contributed by atoms with Crippen LogP contribution in [0.25, 0.3) is 66.1 Å². The molecule has 0 fully saturated rings. The molecule has 0 unspecified atom stereocenters. The summed E-state index contributed by atoms with van der Waals surface area (Å²) in [7, 11) is 0. The van der Waals surface area contributed by atoms with E-state index in [1.807, 2.05) is 12.1 Å². The van der Waals surface area contributed by atoms with Gasteiger partial charge < -0.3 is 9.13 Å². The van der Waals surface area contributed by atoms with Crippen LogP contribution in [-0.4, -0.2) is 9.13 Å². The lowest BCUT2D eigenvalue weighted by Gasteiger charge is -2.21. The molecular formula is C48H42N4. The van der Waals surface area contributed by atoms with Gasteiger partial charge in [0.1, 0.15) is 0 Å². The Balaban J connectivity index is 1.63. The van der Waals surface area contributed by atoms with Crippen LogP contribution in [0.2, 0.25) is 0 Å². The summed E-state index contributed by atoms with van der Waals surface area (Å²) in [5, 5.41) is 25.1. The van der Waals surface area contributed by atoms with E-state index >= 15 is 0 Å². The predicted octanol–water partition coefficient (Wildman–Crippen LogP) is 12.5. The lowest BCUT2D eigenvalue weighted by atomic mass is 9.85. The molecular weight excluding hydrogens is 633 g/mol. The van der Waals surface area contributed by atoms with Crippen LogP contribution in [0, 0.1) is 36.5 Å². The third-order valence-electron chi connectivity index (χ3n) is 10.7. The molecule has 0 spiro atoms. The van der Waals surface area contributed by atoms with E-state index in [-0.39, 0.29) is 10.8 Å². The van der Waals surface area contributed by atoms with Crippen LogP contribution in [0.3, 0.4) is 0 Å². The first kappa shape index (κ1) is 33.1. The van der Waals surface area contributed by atoms with Gasteiger partial charge in [0.05, 0.1) is 56.7 Å². The van der Waals surface area contributed by atoms with Gasteiger partial charge in [0.2, 0.25) is 0 Å². The Bertz CT molecular complexity index is 2730. The van der Waals surface area contributed by atoms with Crippen molar-refractivity contribution < 1.29 is 0 Å². The number of aryl methyl sites for hydroxylation is 2. The van der Waals surface area contributed by atoms with Gasteiger partial charge in [-0.15, -0.1) is 0 Å². The number of nitrogens with zero attached hydrogens (tertiary/aromatic N) is 4. The van der Waals surface area contributed by atoms with Gasteiger partial charge in [-0.25, -0.2) is 0 Å². The molecule has 52 heavy (non-hydrogen) atoms. The van der Waals surface area contributed by atoms with Gasteiger partial charge in [-0.3, -0.25) is 0 Å². The van der Waals surface area contributed by atoms with Crippen molar-refractivity contribution in [2.75, 3.05) is 0 Å². The maximum Gasteiger partial charge on any atom is 0.0992 e. The lowest BCUT2D eigenvalue weighted by molar-refractivity contribution is 0.590. The highest BCUT2D eigenvalue weighted by Crippen LogP contribution is 2.46. The third kappa shape index (κ3) is 5.10. The van der Waals surface area contributed by atoms with E-state index in [1.165, 1.54) is 33.0 Å². The average molecular weight is 675 g/mol. The van der Waals surface area contributed by atoms with Crippen LogP contribution in [0.15, 0.2) is 109 Å². The lowest BCUT2D eigenvalue weighted by Crippen LogP contribution is -2.10. The van der Waals surface area contributed by atoms with Gasteiger partial charge in [-0.1, -0.05) is 96.1 Å². The fourth-order valence-corrected chi connectivity index (χ4v) is 8.03. The molecule has 2 heterocycles. The van der Waals surface area contributed by atoms with Crippen LogP contribution < -0.4 is 0 Å². The Hall–Kier alpha value is -6.10. The van der Waals surface area contributed by atoms with E-state index in [0.29, 0.717) is 11.1 Å². The second-order valence-electron chi connectivity index (χ2n) is 16.3. The van der Waals surface area contributed by atoms with E-state index in [0.717, 1.165) is 55.3 Å². The minimum atomic E-state index is -0.0217. The Kier molecular flexibility index (Phi) is 7.46. The maximum atomic E-state index is 10.2. The van der Waals surface area contributed by atoms with Crippen LogP contribution in [-0.2, 0) is 10.8 Å².